The van der Waals surface area contributed by atoms with Gasteiger partial charge >= 0.3 is 0 Å². The molecular weight excluding hydrogens is 396 g/mol. The third-order valence-corrected chi connectivity index (χ3v) is 6.22. The minimum atomic E-state index is -4.22. The van der Waals surface area contributed by atoms with Gasteiger partial charge in [0.1, 0.15) is 23.5 Å². The van der Waals surface area contributed by atoms with E-state index in [1.54, 1.807) is 48.3 Å². The average molecular weight is 412 g/mol. The van der Waals surface area contributed by atoms with E-state index in [0.29, 0.717) is 22.5 Å². The molecule has 3 rings (SSSR count). The van der Waals surface area contributed by atoms with Gasteiger partial charge in [-0.15, -0.1) is 0 Å². The van der Waals surface area contributed by atoms with Gasteiger partial charge in [0.25, 0.3) is 0 Å². The average Bonchev–Trinajstić information content (AvgIpc) is 3.01. The number of aromatic nitrogens is 2. The molecule has 5 nitrogen and oxygen atoms in total. The zero-order valence-corrected chi connectivity index (χ0v) is 16.0. The lowest BCUT2D eigenvalue weighted by atomic mass is 10.1. The Morgan fingerprint density at radius 3 is 2.22 bits per heavy atom. The van der Waals surface area contributed by atoms with Crippen molar-refractivity contribution in [3.63, 3.8) is 0 Å². The zero-order valence-electron chi connectivity index (χ0n) is 14.5. The lowest BCUT2D eigenvalue weighted by molar-refractivity contribution is 0.397. The van der Waals surface area contributed by atoms with Crippen molar-refractivity contribution >= 4 is 21.6 Å². The molecule has 0 amide bonds. The maximum atomic E-state index is 13.6. The minimum absolute atomic E-state index is 0.445. The Morgan fingerprint density at radius 1 is 1.11 bits per heavy atom. The molecule has 0 saturated carbocycles. The first kappa shape index (κ1) is 19.5. The van der Waals surface area contributed by atoms with Crippen LogP contribution in [-0.2, 0) is 17.1 Å². The molecule has 0 bridgehead atoms. The maximum Gasteiger partial charge on any atom is 0.244 e. The Kier molecular flexibility index (Phi) is 5.32. The predicted molar refractivity (Wildman–Crippen MR) is 97.8 cm³/mol. The highest BCUT2D eigenvalue weighted by Crippen LogP contribution is 2.32. The van der Waals surface area contributed by atoms with Crippen LogP contribution in [0.3, 0.4) is 0 Å². The first-order valence-corrected chi connectivity index (χ1v) is 9.69. The van der Waals surface area contributed by atoms with Gasteiger partial charge in [-0.2, -0.15) is 4.31 Å². The second-order valence-corrected chi connectivity index (χ2v) is 8.41. The molecule has 27 heavy (non-hydrogen) atoms. The zero-order chi connectivity index (χ0) is 19.8. The van der Waals surface area contributed by atoms with Gasteiger partial charge in [0, 0.05) is 37.6 Å². The number of rotatable bonds is 5. The topological polar surface area (TPSA) is 55.2 Å². The number of sulfonamides is 1. The molecule has 0 spiro atoms. The first-order chi connectivity index (χ1) is 12.7. The van der Waals surface area contributed by atoms with E-state index in [1.165, 1.54) is 7.05 Å². The van der Waals surface area contributed by atoms with Crippen molar-refractivity contribution in [3.05, 3.63) is 82.9 Å². The molecule has 1 heterocycles. The van der Waals surface area contributed by atoms with E-state index in [-0.39, 0.29) is 0 Å². The second kappa shape index (κ2) is 7.38. The third-order valence-electron chi connectivity index (χ3n) is 4.17. The van der Waals surface area contributed by atoms with Gasteiger partial charge in [-0.1, -0.05) is 23.7 Å². The highest BCUT2D eigenvalue weighted by molar-refractivity contribution is 7.89. The van der Waals surface area contributed by atoms with Crippen LogP contribution in [-0.4, -0.2) is 29.3 Å². The van der Waals surface area contributed by atoms with Crippen LogP contribution in [0, 0.1) is 11.6 Å². The molecule has 0 fully saturated rings. The predicted octanol–water partition coefficient (Wildman–Crippen LogP) is 3.76. The van der Waals surface area contributed by atoms with Gasteiger partial charge in [-0.05, 0) is 29.8 Å². The van der Waals surface area contributed by atoms with Crippen molar-refractivity contribution in [3.8, 4) is 0 Å². The first-order valence-electron chi connectivity index (χ1n) is 7.87. The number of aryl methyl sites for hydroxylation is 1. The number of halogens is 3. The van der Waals surface area contributed by atoms with E-state index in [1.807, 2.05) is 0 Å². The molecule has 1 atom stereocenters. The Hall–Kier alpha value is -2.29. The van der Waals surface area contributed by atoms with Crippen LogP contribution in [0.1, 0.15) is 17.4 Å². The number of benzene rings is 2. The number of hydrogen-bond donors (Lipinski definition) is 0. The van der Waals surface area contributed by atoms with Crippen LogP contribution in [0.25, 0.3) is 0 Å². The Balaban J connectivity index is 2.14. The van der Waals surface area contributed by atoms with Crippen LogP contribution in [0.5, 0.6) is 0 Å². The third kappa shape index (κ3) is 3.87. The summed E-state index contributed by atoms with van der Waals surface area (Å²) in [4.78, 5) is 3.78. The fraction of sp³-hybridized carbons (Fsp3) is 0.167. The number of hydrogen-bond acceptors (Lipinski definition) is 3. The summed E-state index contributed by atoms with van der Waals surface area (Å²) in [7, 11) is -1.15. The summed E-state index contributed by atoms with van der Waals surface area (Å²) in [5.74, 6) is -1.50. The molecular formula is C18H16ClF2N3O2S. The van der Waals surface area contributed by atoms with Crippen molar-refractivity contribution in [2.45, 2.75) is 10.9 Å². The molecule has 0 aliphatic heterocycles. The fourth-order valence-corrected chi connectivity index (χ4v) is 4.26. The summed E-state index contributed by atoms with van der Waals surface area (Å²) in [6.07, 6.45) is 3.22. The SMILES string of the molecule is CN(C(c1ccc(Cl)cc1)c1nccn1C)S(=O)(=O)c1cc(F)cc(F)c1. The molecule has 0 radical (unpaired) electrons. The van der Waals surface area contributed by atoms with Crippen molar-refractivity contribution in [1.29, 1.82) is 0 Å². The monoisotopic (exact) mass is 411 g/mol. The van der Waals surface area contributed by atoms with Crippen LogP contribution in [0.2, 0.25) is 5.02 Å². The van der Waals surface area contributed by atoms with E-state index in [2.05, 4.69) is 4.98 Å². The van der Waals surface area contributed by atoms with Crippen LogP contribution < -0.4 is 0 Å². The number of nitrogens with zero attached hydrogens (tertiary/aromatic N) is 3. The Morgan fingerprint density at radius 2 is 1.70 bits per heavy atom. The normalized spacial score (nSPS) is 13.1. The van der Waals surface area contributed by atoms with Crippen molar-refractivity contribution < 1.29 is 17.2 Å². The Bertz CT molecular complexity index is 1050. The fourth-order valence-electron chi connectivity index (χ4n) is 2.79. The molecule has 1 unspecified atom stereocenters. The largest absolute Gasteiger partial charge is 0.336 e. The van der Waals surface area contributed by atoms with Gasteiger partial charge in [-0.25, -0.2) is 22.2 Å². The van der Waals surface area contributed by atoms with Crippen molar-refractivity contribution in [2.75, 3.05) is 7.05 Å². The molecule has 9 heteroatoms. The van der Waals surface area contributed by atoms with E-state index in [0.717, 1.165) is 16.4 Å². The summed E-state index contributed by atoms with van der Waals surface area (Å²) < 4.78 is 56.0. The highest BCUT2D eigenvalue weighted by Gasteiger charge is 2.33. The summed E-state index contributed by atoms with van der Waals surface area (Å²) in [5.41, 5.74) is 0.608. The second-order valence-electron chi connectivity index (χ2n) is 5.98. The smallest absolute Gasteiger partial charge is 0.244 e. The summed E-state index contributed by atoms with van der Waals surface area (Å²) in [6, 6.07) is 8.00. The van der Waals surface area contributed by atoms with Crippen molar-refractivity contribution in [2.24, 2.45) is 7.05 Å². The van der Waals surface area contributed by atoms with Gasteiger partial charge in [0.15, 0.2) is 0 Å². The summed E-state index contributed by atoms with van der Waals surface area (Å²) in [6.45, 7) is 0. The van der Waals surface area contributed by atoms with E-state index >= 15 is 0 Å². The Labute approximate surface area is 160 Å². The maximum absolute atomic E-state index is 13.6. The molecule has 2 aromatic carbocycles. The molecule has 0 aliphatic rings. The van der Waals surface area contributed by atoms with E-state index < -0.39 is 32.6 Å². The van der Waals surface area contributed by atoms with Crippen LogP contribution in [0.15, 0.2) is 59.8 Å². The lowest BCUT2D eigenvalue weighted by Gasteiger charge is -2.27. The van der Waals surface area contributed by atoms with Gasteiger partial charge in [0.2, 0.25) is 10.0 Å². The summed E-state index contributed by atoms with van der Waals surface area (Å²) >= 11 is 5.94. The molecule has 0 N–H and O–H groups in total. The molecule has 3 aromatic rings. The minimum Gasteiger partial charge on any atom is -0.336 e. The lowest BCUT2D eigenvalue weighted by Crippen LogP contribution is -2.33. The molecule has 0 saturated heterocycles. The van der Waals surface area contributed by atoms with Crippen molar-refractivity contribution in [1.82, 2.24) is 13.9 Å². The molecule has 1 aromatic heterocycles. The van der Waals surface area contributed by atoms with Crippen LogP contribution in [0.4, 0.5) is 8.78 Å². The van der Waals surface area contributed by atoms with E-state index in [4.69, 9.17) is 11.6 Å². The highest BCUT2D eigenvalue weighted by atomic mass is 35.5. The molecule has 0 aliphatic carbocycles. The summed E-state index contributed by atoms with van der Waals surface area (Å²) in [5, 5.41) is 0.495. The number of imidazole rings is 1. The quantitative estimate of drug-likeness (QED) is 0.642. The van der Waals surface area contributed by atoms with Crippen LogP contribution >= 0.6 is 11.6 Å². The van der Waals surface area contributed by atoms with Gasteiger partial charge in [0.05, 0.1) is 4.90 Å². The van der Waals surface area contributed by atoms with Gasteiger partial charge < -0.3 is 4.57 Å². The molecule has 142 valence electrons. The van der Waals surface area contributed by atoms with Gasteiger partial charge in [-0.3, -0.25) is 0 Å². The standard InChI is InChI=1S/C18H16ClF2N3O2S/c1-23-8-7-22-18(23)17(12-3-5-13(19)6-4-12)24(2)27(25,26)16-10-14(20)9-15(21)11-16/h3-11,17H,1-2H3. The van der Waals surface area contributed by atoms with E-state index in [9.17, 15) is 17.2 Å².